The molecule has 1 aromatic rings. The fraction of sp³-hybridized carbons (Fsp3) is 0.667. The zero-order chi connectivity index (χ0) is 11.1. The maximum absolute atomic E-state index is 5.56. The second-order valence-electron chi connectivity index (χ2n) is 4.07. The second-order valence-corrected chi connectivity index (χ2v) is 5.10. The fourth-order valence-corrected chi connectivity index (χ4v) is 2.40. The van der Waals surface area contributed by atoms with E-state index >= 15 is 0 Å². The molecule has 0 amide bonds. The van der Waals surface area contributed by atoms with Crippen molar-refractivity contribution in [1.29, 1.82) is 0 Å². The molecular weight excluding hydrogens is 222 g/mol. The number of nitrogens with one attached hydrogen (secondary N) is 1. The molecule has 0 aliphatic carbocycles. The first-order chi connectivity index (χ1) is 7.95. The van der Waals surface area contributed by atoms with Crippen molar-refractivity contribution < 1.29 is 9.47 Å². The summed E-state index contributed by atoms with van der Waals surface area (Å²) in [7, 11) is 0. The molecule has 1 aliphatic heterocycles. The van der Waals surface area contributed by atoms with E-state index in [9.17, 15) is 0 Å². The van der Waals surface area contributed by atoms with Gasteiger partial charge in [-0.25, -0.2) is 0 Å². The molecule has 16 heavy (non-hydrogen) atoms. The third-order valence-electron chi connectivity index (χ3n) is 2.70. The minimum absolute atomic E-state index is 0.706. The molecule has 1 saturated heterocycles. The van der Waals surface area contributed by atoms with E-state index < -0.39 is 0 Å². The highest BCUT2D eigenvalue weighted by atomic mass is 32.1. The van der Waals surface area contributed by atoms with Gasteiger partial charge in [-0.3, -0.25) is 0 Å². The summed E-state index contributed by atoms with van der Waals surface area (Å²) in [5, 5.41) is 5.49. The van der Waals surface area contributed by atoms with Crippen LogP contribution in [0.3, 0.4) is 0 Å². The minimum Gasteiger partial charge on any atom is -0.381 e. The summed E-state index contributed by atoms with van der Waals surface area (Å²) in [6.45, 7) is 5.37. The molecule has 1 N–H and O–H groups in total. The molecule has 1 aliphatic rings. The molecule has 0 saturated carbocycles. The Hall–Kier alpha value is -0.420. The average Bonchev–Trinajstić information content (AvgIpc) is 2.96. The van der Waals surface area contributed by atoms with E-state index in [0.29, 0.717) is 5.92 Å². The van der Waals surface area contributed by atoms with Gasteiger partial charge in [-0.2, -0.15) is 0 Å². The van der Waals surface area contributed by atoms with Crippen LogP contribution in [0.2, 0.25) is 0 Å². The van der Waals surface area contributed by atoms with Crippen molar-refractivity contribution in [1.82, 2.24) is 5.32 Å². The van der Waals surface area contributed by atoms with E-state index in [1.807, 2.05) is 0 Å². The first-order valence-corrected chi connectivity index (χ1v) is 6.71. The molecule has 1 aromatic heterocycles. The quantitative estimate of drug-likeness (QED) is 0.740. The summed E-state index contributed by atoms with van der Waals surface area (Å²) in [4.78, 5) is 1.30. The van der Waals surface area contributed by atoms with Gasteiger partial charge in [-0.05, 0) is 23.8 Å². The molecule has 0 bridgehead atoms. The van der Waals surface area contributed by atoms with Gasteiger partial charge >= 0.3 is 0 Å². The van der Waals surface area contributed by atoms with Crippen LogP contribution in [-0.4, -0.2) is 32.9 Å². The largest absolute Gasteiger partial charge is 0.381 e. The first kappa shape index (κ1) is 12.0. The lowest BCUT2D eigenvalue weighted by Crippen LogP contribution is -2.26. The van der Waals surface area contributed by atoms with Crippen LogP contribution in [0, 0.1) is 5.92 Å². The van der Waals surface area contributed by atoms with Crippen molar-refractivity contribution in [3.63, 3.8) is 0 Å². The lowest BCUT2D eigenvalue weighted by molar-refractivity contribution is 0.123. The molecule has 0 spiro atoms. The van der Waals surface area contributed by atoms with Crippen LogP contribution in [-0.2, 0) is 16.1 Å². The highest BCUT2D eigenvalue weighted by molar-refractivity contribution is 7.09. The van der Waals surface area contributed by atoms with Crippen LogP contribution in [0.1, 0.15) is 11.3 Å². The fourth-order valence-electron chi connectivity index (χ4n) is 1.76. The molecule has 90 valence electrons. The second kappa shape index (κ2) is 7.01. The number of thiophene rings is 1. The van der Waals surface area contributed by atoms with Crippen LogP contribution in [0.25, 0.3) is 0 Å². The predicted molar refractivity (Wildman–Crippen MR) is 65.8 cm³/mol. The average molecular weight is 241 g/mol. The zero-order valence-electron chi connectivity index (χ0n) is 9.48. The van der Waals surface area contributed by atoms with Crippen molar-refractivity contribution in [3.8, 4) is 0 Å². The summed E-state index contributed by atoms with van der Waals surface area (Å²) in [5.41, 5.74) is 0. The van der Waals surface area contributed by atoms with E-state index in [1.165, 1.54) is 11.3 Å². The van der Waals surface area contributed by atoms with Gasteiger partial charge in [0.25, 0.3) is 0 Å². The number of hydrogen-bond donors (Lipinski definition) is 1. The van der Waals surface area contributed by atoms with Crippen molar-refractivity contribution in [2.24, 2.45) is 5.92 Å². The molecule has 1 unspecified atom stereocenters. The Bertz CT molecular complexity index is 271. The molecule has 0 radical (unpaired) electrons. The zero-order valence-corrected chi connectivity index (χ0v) is 10.3. The molecule has 4 heteroatoms. The Morgan fingerprint density at radius 1 is 1.56 bits per heavy atom. The first-order valence-electron chi connectivity index (χ1n) is 5.84. The van der Waals surface area contributed by atoms with E-state index in [-0.39, 0.29) is 0 Å². The summed E-state index contributed by atoms with van der Waals surface area (Å²) in [5.74, 6) is 0.706. The van der Waals surface area contributed by atoms with Gasteiger partial charge in [0, 0.05) is 24.6 Å². The maximum Gasteiger partial charge on any atom is 0.0809 e. The highest BCUT2D eigenvalue weighted by Gasteiger charge is 2.14. The molecule has 1 atom stereocenters. The molecule has 2 heterocycles. The lowest BCUT2D eigenvalue weighted by atomic mass is 10.1. The molecular formula is C12H19NO2S. The topological polar surface area (TPSA) is 30.5 Å². The van der Waals surface area contributed by atoms with Crippen LogP contribution in [0.4, 0.5) is 0 Å². The molecule has 2 rings (SSSR count). The van der Waals surface area contributed by atoms with Crippen LogP contribution in [0.15, 0.2) is 17.5 Å². The van der Waals surface area contributed by atoms with Gasteiger partial charge in [0.2, 0.25) is 0 Å². The smallest absolute Gasteiger partial charge is 0.0809 e. The third kappa shape index (κ3) is 4.22. The molecule has 1 fully saturated rings. The van der Waals surface area contributed by atoms with Gasteiger partial charge in [0.1, 0.15) is 0 Å². The van der Waals surface area contributed by atoms with E-state index in [2.05, 4.69) is 22.8 Å². The minimum atomic E-state index is 0.706. The Morgan fingerprint density at radius 3 is 3.31 bits per heavy atom. The number of hydrogen-bond acceptors (Lipinski definition) is 4. The Morgan fingerprint density at radius 2 is 2.56 bits per heavy atom. The summed E-state index contributed by atoms with van der Waals surface area (Å²) < 4.78 is 10.9. The Kier molecular flexibility index (Phi) is 5.28. The Balaban J connectivity index is 1.43. The van der Waals surface area contributed by atoms with Crippen molar-refractivity contribution >= 4 is 11.3 Å². The van der Waals surface area contributed by atoms with Gasteiger partial charge < -0.3 is 14.8 Å². The number of ether oxygens (including phenoxy) is 2. The van der Waals surface area contributed by atoms with Crippen molar-refractivity contribution in [2.75, 3.05) is 32.9 Å². The highest BCUT2D eigenvalue weighted by Crippen LogP contribution is 2.10. The maximum atomic E-state index is 5.56. The van der Waals surface area contributed by atoms with Crippen LogP contribution < -0.4 is 5.32 Å². The van der Waals surface area contributed by atoms with Gasteiger partial charge in [-0.15, -0.1) is 11.3 Å². The normalized spacial score (nSPS) is 20.4. The van der Waals surface area contributed by atoms with Gasteiger partial charge in [0.15, 0.2) is 0 Å². The van der Waals surface area contributed by atoms with Crippen molar-refractivity contribution in [2.45, 2.75) is 13.0 Å². The Labute approximate surface area is 101 Å². The summed E-state index contributed by atoms with van der Waals surface area (Å²) in [6.07, 6.45) is 1.20. The van der Waals surface area contributed by atoms with Gasteiger partial charge in [-0.1, -0.05) is 6.07 Å². The summed E-state index contributed by atoms with van der Waals surface area (Å²) >= 11 is 1.75. The molecule has 0 aromatic carbocycles. The van der Waals surface area contributed by atoms with Gasteiger partial charge in [0.05, 0.1) is 19.8 Å². The lowest BCUT2D eigenvalue weighted by Gasteiger charge is -2.09. The summed E-state index contributed by atoms with van der Waals surface area (Å²) in [6, 6.07) is 4.16. The predicted octanol–water partition coefficient (Wildman–Crippen LogP) is 1.89. The van der Waals surface area contributed by atoms with Crippen molar-refractivity contribution in [3.05, 3.63) is 22.4 Å². The van der Waals surface area contributed by atoms with Crippen LogP contribution >= 0.6 is 11.3 Å². The van der Waals surface area contributed by atoms with E-state index in [4.69, 9.17) is 9.47 Å². The van der Waals surface area contributed by atoms with E-state index in [0.717, 1.165) is 39.5 Å². The number of rotatable bonds is 7. The molecule has 3 nitrogen and oxygen atoms in total. The van der Waals surface area contributed by atoms with Crippen LogP contribution in [0.5, 0.6) is 0 Å². The monoisotopic (exact) mass is 241 g/mol. The third-order valence-corrected chi connectivity index (χ3v) is 3.55. The van der Waals surface area contributed by atoms with E-state index in [1.54, 1.807) is 11.3 Å². The standard InChI is InChI=1S/C12H19NO2S/c1-2-12(16-7-1)10-15-6-4-13-8-11-3-5-14-9-11/h1-2,7,11,13H,3-6,8-10H2. The SMILES string of the molecule is c1csc(COCCNCC2CCOC2)c1.